The second-order valence-corrected chi connectivity index (χ2v) is 5.19. The van der Waals surface area contributed by atoms with E-state index >= 15 is 0 Å². The number of aromatic hydroxyl groups is 1. The van der Waals surface area contributed by atoms with Crippen molar-refractivity contribution in [2.24, 2.45) is 5.16 Å². The van der Waals surface area contributed by atoms with Gasteiger partial charge < -0.3 is 14.7 Å². The lowest BCUT2D eigenvalue weighted by molar-refractivity contribution is 0.302. The molecule has 0 aliphatic rings. The smallest absolute Gasteiger partial charge is 0.155 e. The van der Waals surface area contributed by atoms with Crippen molar-refractivity contribution in [3.8, 4) is 17.2 Å². The highest BCUT2D eigenvalue weighted by molar-refractivity contribution is 5.85. The summed E-state index contributed by atoms with van der Waals surface area (Å²) in [7, 11) is 0. The van der Waals surface area contributed by atoms with Gasteiger partial charge in [0.1, 0.15) is 22.4 Å². The fraction of sp³-hybridized carbons (Fsp3) is 0. The van der Waals surface area contributed by atoms with Crippen LogP contribution in [0.4, 0.5) is 0 Å². The highest BCUT2D eigenvalue weighted by Gasteiger charge is 2.09. The number of phenols is 1. The predicted molar refractivity (Wildman–Crippen MR) is 86.0 cm³/mol. The molecule has 2 N–H and O–H groups in total. The zero-order valence-electron chi connectivity index (χ0n) is 12.0. The monoisotopic (exact) mass is 304 g/mol. The maximum absolute atomic E-state index is 9.58. The Bertz CT molecular complexity index is 1100. The lowest BCUT2D eigenvalue weighted by atomic mass is 10.1. The zero-order valence-corrected chi connectivity index (χ0v) is 12.0. The van der Waals surface area contributed by atoms with Crippen molar-refractivity contribution >= 4 is 21.7 Å². The molecule has 0 atom stereocenters. The number of nitrogens with zero attached hydrogens (tertiary/aromatic N) is 2. The summed E-state index contributed by atoms with van der Waals surface area (Å²) in [6, 6.07) is 16.1. The van der Waals surface area contributed by atoms with E-state index < -0.39 is 0 Å². The summed E-state index contributed by atoms with van der Waals surface area (Å²) in [6.07, 6.45) is 1.77. The van der Waals surface area contributed by atoms with Gasteiger partial charge in [0, 0.05) is 17.6 Å². The minimum atomic E-state index is 0.0779. The van der Waals surface area contributed by atoms with Gasteiger partial charge in [-0.15, -0.1) is 0 Å². The molecule has 2 heterocycles. The Hall–Kier alpha value is -3.34. The minimum Gasteiger partial charge on any atom is -0.508 e. The van der Waals surface area contributed by atoms with Crippen LogP contribution in [0, 0.1) is 0 Å². The van der Waals surface area contributed by atoms with Crippen LogP contribution < -0.4 is 5.36 Å². The molecule has 0 unspecified atom stereocenters. The summed E-state index contributed by atoms with van der Waals surface area (Å²) >= 11 is 0. The first-order valence-electron chi connectivity index (χ1n) is 7.05. The summed E-state index contributed by atoms with van der Waals surface area (Å²) in [5.41, 5.74) is 1.15. The standard InChI is InChI=1S/C18H12N2O3/c21-13-5-6-17-14(8-13)15(20-22)9-18(23-17)16-7-11-3-1-2-4-12(11)10-19-16/h1-10,21-22H. The lowest BCUT2D eigenvalue weighted by Gasteiger charge is -2.05. The van der Waals surface area contributed by atoms with Crippen molar-refractivity contribution in [2.75, 3.05) is 0 Å². The molecule has 0 fully saturated rings. The van der Waals surface area contributed by atoms with Crippen LogP contribution in [0.2, 0.25) is 0 Å². The first kappa shape index (κ1) is 13.3. The van der Waals surface area contributed by atoms with Crippen molar-refractivity contribution in [1.29, 1.82) is 0 Å². The summed E-state index contributed by atoms with van der Waals surface area (Å²) in [5.74, 6) is 0.566. The van der Waals surface area contributed by atoms with E-state index in [2.05, 4.69) is 10.1 Å². The maximum atomic E-state index is 9.58. The van der Waals surface area contributed by atoms with Crippen LogP contribution >= 0.6 is 0 Å². The van der Waals surface area contributed by atoms with Gasteiger partial charge in [0.15, 0.2) is 5.76 Å². The van der Waals surface area contributed by atoms with E-state index in [1.165, 1.54) is 12.1 Å². The van der Waals surface area contributed by atoms with Gasteiger partial charge in [-0.25, -0.2) is 0 Å². The first-order valence-corrected chi connectivity index (χ1v) is 7.05. The number of aromatic nitrogens is 1. The average molecular weight is 304 g/mol. The van der Waals surface area contributed by atoms with Crippen molar-refractivity contribution in [3.63, 3.8) is 0 Å². The van der Waals surface area contributed by atoms with Gasteiger partial charge in [-0.3, -0.25) is 4.98 Å². The fourth-order valence-corrected chi connectivity index (χ4v) is 2.58. The summed E-state index contributed by atoms with van der Waals surface area (Å²) in [5, 5.41) is 25.0. The molecule has 0 aliphatic heterocycles. The normalized spacial score (nSPS) is 12.1. The first-order chi connectivity index (χ1) is 11.2. The molecule has 23 heavy (non-hydrogen) atoms. The van der Waals surface area contributed by atoms with Gasteiger partial charge in [0.05, 0.1) is 5.39 Å². The number of rotatable bonds is 1. The molecule has 0 spiro atoms. The SMILES string of the molecule is ON=c1cc(-c2cc3ccccc3cn2)oc2ccc(O)cc12. The second-order valence-electron chi connectivity index (χ2n) is 5.19. The lowest BCUT2D eigenvalue weighted by Crippen LogP contribution is -2.03. The van der Waals surface area contributed by atoms with Gasteiger partial charge in [0.25, 0.3) is 0 Å². The van der Waals surface area contributed by atoms with Crippen LogP contribution in [-0.2, 0) is 0 Å². The Labute approximate surface area is 130 Å². The van der Waals surface area contributed by atoms with E-state index in [-0.39, 0.29) is 5.75 Å². The Kier molecular flexibility index (Phi) is 2.98. The Morgan fingerprint density at radius 3 is 2.61 bits per heavy atom. The minimum absolute atomic E-state index is 0.0779. The fourth-order valence-electron chi connectivity index (χ4n) is 2.58. The summed E-state index contributed by atoms with van der Waals surface area (Å²) in [6.45, 7) is 0. The molecule has 2 aromatic heterocycles. The van der Waals surface area contributed by atoms with Crippen LogP contribution in [0.5, 0.6) is 5.75 Å². The molecule has 2 aromatic carbocycles. The van der Waals surface area contributed by atoms with Crippen molar-refractivity contribution < 1.29 is 14.7 Å². The van der Waals surface area contributed by atoms with Crippen LogP contribution in [0.1, 0.15) is 0 Å². The van der Waals surface area contributed by atoms with Crippen LogP contribution in [-0.4, -0.2) is 15.3 Å². The quantitative estimate of drug-likeness (QED) is 0.415. The van der Waals surface area contributed by atoms with Crippen LogP contribution in [0.3, 0.4) is 0 Å². The molecular weight excluding hydrogens is 292 g/mol. The molecule has 5 nitrogen and oxygen atoms in total. The molecule has 4 rings (SSSR count). The molecule has 0 aliphatic carbocycles. The highest BCUT2D eigenvalue weighted by atomic mass is 16.4. The third-order valence-electron chi connectivity index (χ3n) is 3.72. The van der Waals surface area contributed by atoms with Crippen molar-refractivity contribution in [3.05, 3.63) is 66.2 Å². The van der Waals surface area contributed by atoms with E-state index in [1.54, 1.807) is 18.3 Å². The van der Waals surface area contributed by atoms with E-state index in [9.17, 15) is 10.3 Å². The zero-order chi connectivity index (χ0) is 15.8. The Balaban J connectivity index is 1.99. The molecule has 0 saturated carbocycles. The Morgan fingerprint density at radius 1 is 0.957 bits per heavy atom. The van der Waals surface area contributed by atoms with Crippen LogP contribution in [0.15, 0.2) is 70.4 Å². The molecule has 0 amide bonds. The largest absolute Gasteiger partial charge is 0.508 e. The van der Waals surface area contributed by atoms with Gasteiger partial charge >= 0.3 is 0 Å². The topological polar surface area (TPSA) is 78.9 Å². The third kappa shape index (κ3) is 2.28. The van der Waals surface area contributed by atoms with Crippen molar-refractivity contribution in [2.45, 2.75) is 0 Å². The number of pyridine rings is 1. The molecule has 0 radical (unpaired) electrons. The van der Waals surface area contributed by atoms with Gasteiger partial charge in [-0.05, 0) is 29.7 Å². The van der Waals surface area contributed by atoms with Gasteiger partial charge in [-0.1, -0.05) is 29.4 Å². The molecule has 0 bridgehead atoms. The molecule has 112 valence electrons. The second kappa shape index (κ2) is 5.14. The summed E-state index contributed by atoms with van der Waals surface area (Å²) < 4.78 is 5.85. The maximum Gasteiger partial charge on any atom is 0.155 e. The number of hydrogen-bond acceptors (Lipinski definition) is 5. The highest BCUT2D eigenvalue weighted by Crippen LogP contribution is 2.25. The van der Waals surface area contributed by atoms with E-state index in [4.69, 9.17) is 4.42 Å². The number of hydrogen-bond donors (Lipinski definition) is 2. The number of phenolic OH excluding ortho intramolecular Hbond substituents is 1. The number of fused-ring (bicyclic) bond motifs is 2. The van der Waals surface area contributed by atoms with E-state index in [1.807, 2.05) is 30.3 Å². The molecule has 5 heteroatoms. The molecule has 0 saturated heterocycles. The molecular formula is C18H12N2O3. The predicted octanol–water partition coefficient (Wildman–Crippen LogP) is 3.64. The number of benzene rings is 2. The van der Waals surface area contributed by atoms with Crippen molar-refractivity contribution in [1.82, 2.24) is 4.98 Å². The van der Waals surface area contributed by atoms with Gasteiger partial charge in [0.2, 0.25) is 0 Å². The van der Waals surface area contributed by atoms with E-state index in [0.717, 1.165) is 10.8 Å². The third-order valence-corrected chi connectivity index (χ3v) is 3.72. The molecule has 4 aromatic rings. The average Bonchev–Trinajstić information content (AvgIpc) is 2.60. The summed E-state index contributed by atoms with van der Waals surface area (Å²) in [4.78, 5) is 4.41. The van der Waals surface area contributed by atoms with Crippen LogP contribution in [0.25, 0.3) is 33.2 Å². The Morgan fingerprint density at radius 2 is 1.78 bits per heavy atom. The van der Waals surface area contributed by atoms with Gasteiger partial charge in [-0.2, -0.15) is 0 Å². The van der Waals surface area contributed by atoms with E-state index in [0.29, 0.717) is 27.8 Å².